The lowest BCUT2D eigenvalue weighted by molar-refractivity contribution is 0.0640. The van der Waals surface area contributed by atoms with Crippen molar-refractivity contribution in [3.8, 4) is 11.4 Å². The highest BCUT2D eigenvalue weighted by Crippen LogP contribution is 2.27. The summed E-state index contributed by atoms with van der Waals surface area (Å²) in [5.41, 5.74) is 7.20. The molecule has 9 nitrogen and oxygen atoms in total. The van der Waals surface area contributed by atoms with Crippen LogP contribution in [0.4, 0.5) is 5.82 Å². The van der Waals surface area contributed by atoms with Gasteiger partial charge in [0.15, 0.2) is 5.78 Å². The number of amides is 1. The number of nitrogens with zero attached hydrogens (tertiary/aromatic N) is 4. The molecule has 0 bridgehead atoms. The summed E-state index contributed by atoms with van der Waals surface area (Å²) in [5, 5.41) is 7.81. The molecule has 0 saturated carbocycles. The molecule has 2 aromatic heterocycles. The largest absolute Gasteiger partial charge is 0.497 e. The van der Waals surface area contributed by atoms with E-state index in [0.717, 1.165) is 6.42 Å². The number of hydrogen-bond donors (Lipinski definition) is 1. The van der Waals surface area contributed by atoms with Gasteiger partial charge < -0.3 is 19.9 Å². The fourth-order valence-electron chi connectivity index (χ4n) is 3.41. The molecule has 1 aliphatic heterocycles. The topological polar surface area (TPSA) is 116 Å². The molecule has 0 aliphatic carbocycles. The zero-order valence-corrected chi connectivity index (χ0v) is 15.2. The summed E-state index contributed by atoms with van der Waals surface area (Å²) in [6.45, 7) is 0.475. The zero-order valence-electron chi connectivity index (χ0n) is 15.2. The predicted octanol–water partition coefficient (Wildman–Crippen LogP) is 1.94. The number of ketones is 1. The van der Waals surface area contributed by atoms with E-state index in [9.17, 15) is 9.59 Å². The molecule has 0 spiro atoms. The molecule has 9 heteroatoms. The van der Waals surface area contributed by atoms with E-state index in [0.29, 0.717) is 24.4 Å². The van der Waals surface area contributed by atoms with Crippen molar-refractivity contribution in [1.29, 1.82) is 0 Å². The Morgan fingerprint density at radius 1 is 1.25 bits per heavy atom. The Morgan fingerprint density at radius 3 is 2.71 bits per heavy atom. The van der Waals surface area contributed by atoms with Gasteiger partial charge in [0.05, 0.1) is 36.8 Å². The van der Waals surface area contributed by atoms with E-state index in [4.69, 9.17) is 15.0 Å². The van der Waals surface area contributed by atoms with Crippen molar-refractivity contribution in [3.63, 3.8) is 0 Å². The number of carbonyl (C=O) groups excluding carboxylic acids is 2. The molecule has 4 rings (SSSR count). The lowest BCUT2D eigenvalue weighted by Gasteiger charge is -2.22. The number of nitrogens with two attached hydrogens (primary N) is 1. The van der Waals surface area contributed by atoms with Crippen LogP contribution in [0.3, 0.4) is 0 Å². The average Bonchev–Trinajstić information content (AvgIpc) is 3.47. The van der Waals surface area contributed by atoms with Crippen LogP contribution in [0.25, 0.3) is 5.69 Å². The Bertz CT molecular complexity index is 994. The molecule has 1 aromatic carbocycles. The van der Waals surface area contributed by atoms with Crippen LogP contribution >= 0.6 is 0 Å². The third-order valence-electron chi connectivity index (χ3n) is 4.85. The standard InChI is InChI=1S/C19H19N5O4/c1-27-13-6-4-12(5-7-13)24-18(20)14(11-21-24)17(25)15-3-2-10-23(15)19(26)16-8-9-22-28-16/h4-9,11,15H,2-3,10,20H2,1H3. The van der Waals surface area contributed by atoms with Gasteiger partial charge in [-0.3, -0.25) is 9.59 Å². The number of anilines is 1. The Hall–Kier alpha value is -3.62. The lowest BCUT2D eigenvalue weighted by Crippen LogP contribution is -2.40. The number of likely N-dealkylation sites (tertiary alicyclic amines) is 1. The number of carbonyl (C=O) groups is 2. The Labute approximate surface area is 160 Å². The first kappa shape index (κ1) is 17.8. The van der Waals surface area contributed by atoms with E-state index < -0.39 is 6.04 Å². The minimum Gasteiger partial charge on any atom is -0.497 e. The molecule has 3 aromatic rings. The van der Waals surface area contributed by atoms with Crippen molar-refractivity contribution in [2.45, 2.75) is 18.9 Å². The average molecular weight is 381 g/mol. The van der Waals surface area contributed by atoms with Crippen molar-refractivity contribution in [2.75, 3.05) is 19.4 Å². The summed E-state index contributed by atoms with van der Waals surface area (Å²) < 4.78 is 11.6. The van der Waals surface area contributed by atoms with Gasteiger partial charge in [0.1, 0.15) is 11.6 Å². The van der Waals surface area contributed by atoms with Crippen LogP contribution in [-0.2, 0) is 0 Å². The molecule has 1 aliphatic rings. The maximum atomic E-state index is 13.1. The first-order valence-corrected chi connectivity index (χ1v) is 8.84. The summed E-state index contributed by atoms with van der Waals surface area (Å²) in [4.78, 5) is 27.2. The number of ether oxygens (including phenoxy) is 1. The van der Waals surface area contributed by atoms with Gasteiger partial charge in [0.2, 0.25) is 5.76 Å². The number of methoxy groups -OCH3 is 1. The second-order valence-electron chi connectivity index (χ2n) is 6.45. The minimum atomic E-state index is -0.603. The van der Waals surface area contributed by atoms with E-state index in [2.05, 4.69) is 10.3 Å². The molecule has 1 saturated heterocycles. The molecule has 3 heterocycles. The molecule has 28 heavy (non-hydrogen) atoms. The highest BCUT2D eigenvalue weighted by molar-refractivity contribution is 6.06. The fraction of sp³-hybridized carbons (Fsp3) is 0.263. The first-order chi connectivity index (χ1) is 13.6. The number of benzene rings is 1. The van der Waals surface area contributed by atoms with Crippen LogP contribution in [0, 0.1) is 0 Å². The van der Waals surface area contributed by atoms with Gasteiger partial charge in [-0.2, -0.15) is 5.10 Å². The summed E-state index contributed by atoms with van der Waals surface area (Å²) in [7, 11) is 1.58. The predicted molar refractivity (Wildman–Crippen MR) is 99.4 cm³/mol. The van der Waals surface area contributed by atoms with E-state index >= 15 is 0 Å². The molecule has 1 amide bonds. The maximum Gasteiger partial charge on any atom is 0.293 e. The normalized spacial score (nSPS) is 16.3. The van der Waals surface area contributed by atoms with Crippen molar-refractivity contribution in [1.82, 2.24) is 19.8 Å². The van der Waals surface area contributed by atoms with Crippen LogP contribution < -0.4 is 10.5 Å². The fourth-order valence-corrected chi connectivity index (χ4v) is 3.41. The van der Waals surface area contributed by atoms with Gasteiger partial charge in [-0.05, 0) is 37.1 Å². The van der Waals surface area contributed by atoms with Gasteiger partial charge >= 0.3 is 0 Å². The van der Waals surface area contributed by atoms with Gasteiger partial charge in [-0.15, -0.1) is 0 Å². The highest BCUT2D eigenvalue weighted by atomic mass is 16.5. The van der Waals surface area contributed by atoms with Crippen molar-refractivity contribution in [2.24, 2.45) is 0 Å². The number of Topliss-reactive ketones (excluding diaryl/α,β-unsaturated/α-hetero) is 1. The lowest BCUT2D eigenvalue weighted by atomic mass is 10.0. The maximum absolute atomic E-state index is 13.1. The van der Waals surface area contributed by atoms with E-state index in [1.807, 2.05) is 0 Å². The van der Waals surface area contributed by atoms with Crippen molar-refractivity contribution >= 4 is 17.5 Å². The quantitative estimate of drug-likeness (QED) is 0.671. The SMILES string of the molecule is COc1ccc(-n2ncc(C(=O)C3CCCN3C(=O)c3ccno3)c2N)cc1. The molecule has 144 valence electrons. The number of aromatic nitrogens is 3. The van der Waals surface area contributed by atoms with E-state index in [-0.39, 0.29) is 28.8 Å². The summed E-state index contributed by atoms with van der Waals surface area (Å²) >= 11 is 0. The number of hydrogen-bond acceptors (Lipinski definition) is 7. The molecular formula is C19H19N5O4. The van der Waals surface area contributed by atoms with Gasteiger partial charge in [-0.25, -0.2) is 4.68 Å². The van der Waals surface area contributed by atoms with Crippen LogP contribution in [0.15, 0.2) is 47.2 Å². The zero-order chi connectivity index (χ0) is 19.7. The first-order valence-electron chi connectivity index (χ1n) is 8.84. The Morgan fingerprint density at radius 2 is 2.04 bits per heavy atom. The molecule has 1 atom stereocenters. The molecule has 2 N–H and O–H groups in total. The van der Waals surface area contributed by atoms with Crippen LogP contribution in [0.2, 0.25) is 0 Å². The van der Waals surface area contributed by atoms with Crippen LogP contribution in [-0.4, -0.2) is 51.2 Å². The smallest absolute Gasteiger partial charge is 0.293 e. The number of rotatable bonds is 5. The monoisotopic (exact) mass is 381 g/mol. The third-order valence-corrected chi connectivity index (χ3v) is 4.85. The summed E-state index contributed by atoms with van der Waals surface area (Å²) in [6, 6.07) is 8.04. The second kappa shape index (κ2) is 7.18. The second-order valence-corrected chi connectivity index (χ2v) is 6.45. The van der Waals surface area contributed by atoms with Crippen molar-refractivity contribution in [3.05, 3.63) is 54.0 Å². The van der Waals surface area contributed by atoms with E-state index in [1.165, 1.54) is 28.0 Å². The van der Waals surface area contributed by atoms with Gasteiger partial charge in [0.25, 0.3) is 5.91 Å². The molecule has 0 radical (unpaired) electrons. The Balaban J connectivity index is 1.59. The van der Waals surface area contributed by atoms with Crippen LogP contribution in [0.5, 0.6) is 5.75 Å². The van der Waals surface area contributed by atoms with Gasteiger partial charge in [0, 0.05) is 12.6 Å². The van der Waals surface area contributed by atoms with Crippen molar-refractivity contribution < 1.29 is 18.8 Å². The summed E-state index contributed by atoms with van der Waals surface area (Å²) in [5.74, 6) is 0.464. The summed E-state index contributed by atoms with van der Waals surface area (Å²) in [6.07, 6.45) is 4.13. The van der Waals surface area contributed by atoms with E-state index in [1.54, 1.807) is 31.4 Å². The Kier molecular flexibility index (Phi) is 4.56. The molecule has 1 unspecified atom stereocenters. The minimum absolute atomic E-state index is 0.113. The van der Waals surface area contributed by atoms with Crippen LogP contribution in [0.1, 0.15) is 33.8 Å². The van der Waals surface area contributed by atoms with Gasteiger partial charge in [-0.1, -0.05) is 5.16 Å². The third kappa shape index (κ3) is 3.00. The molecular weight excluding hydrogens is 362 g/mol. The number of nitrogen functional groups attached to an aromatic ring is 1. The molecule has 1 fully saturated rings. The highest BCUT2D eigenvalue weighted by Gasteiger charge is 2.37.